The van der Waals surface area contributed by atoms with E-state index < -0.39 is 0 Å². The molecule has 0 amide bonds. The lowest BCUT2D eigenvalue weighted by Gasteiger charge is -1.98. The Kier molecular flexibility index (Phi) is 4.59. The summed E-state index contributed by atoms with van der Waals surface area (Å²) < 4.78 is 0. The Balaban J connectivity index is 2.16. The predicted octanol–water partition coefficient (Wildman–Crippen LogP) is 3.18. The molecule has 0 saturated carbocycles. The molecular weight excluding hydrogens is 143 g/mol. The zero-order valence-corrected chi connectivity index (χ0v) is 7.79. The summed E-state index contributed by atoms with van der Waals surface area (Å²) in [4.78, 5) is 0. The molecule has 0 nitrogen and oxygen atoms in total. The Morgan fingerprint density at radius 1 is 1.17 bits per heavy atom. The van der Waals surface area contributed by atoms with Crippen LogP contribution in [0.4, 0.5) is 0 Å². The normalized spacial score (nSPS) is 9.75. The van der Waals surface area contributed by atoms with Gasteiger partial charge in [0.15, 0.2) is 0 Å². The lowest BCUT2D eigenvalue weighted by molar-refractivity contribution is 0.912. The van der Waals surface area contributed by atoms with E-state index in [4.69, 9.17) is 0 Å². The van der Waals surface area contributed by atoms with E-state index in [1.54, 1.807) is 0 Å². The maximum absolute atomic E-state index is 2.35. The molecule has 0 unspecified atom stereocenters. The fourth-order valence-electron chi connectivity index (χ4n) is 1.30. The third kappa shape index (κ3) is 3.61. The average Bonchev–Trinajstić information content (AvgIpc) is 2.14. The molecule has 0 aliphatic carbocycles. The predicted molar refractivity (Wildman–Crippen MR) is 55.8 cm³/mol. The Morgan fingerprint density at radius 2 is 1.92 bits per heavy atom. The van der Waals surface area contributed by atoms with Crippen LogP contribution in [0.25, 0.3) is 0 Å². The Bertz CT molecular complexity index is 193. The highest BCUT2D eigenvalue weighted by Gasteiger charge is 1.91. The SMILES string of the molecule is CC[B]CCCc1ccccc1. The van der Waals surface area contributed by atoms with E-state index >= 15 is 0 Å². The first kappa shape index (κ1) is 9.37. The summed E-state index contributed by atoms with van der Waals surface area (Å²) in [6.07, 6.45) is 4.97. The molecule has 0 aliphatic rings. The lowest BCUT2D eigenvalue weighted by atomic mass is 9.70. The number of hydrogen-bond acceptors (Lipinski definition) is 0. The van der Waals surface area contributed by atoms with Crippen LogP contribution in [-0.4, -0.2) is 7.28 Å². The second-order valence-corrected chi connectivity index (χ2v) is 3.07. The molecule has 0 N–H and O–H groups in total. The first-order valence-electron chi connectivity index (χ1n) is 4.79. The highest BCUT2D eigenvalue weighted by Crippen LogP contribution is 2.04. The van der Waals surface area contributed by atoms with Gasteiger partial charge in [-0.3, -0.25) is 0 Å². The van der Waals surface area contributed by atoms with Gasteiger partial charge in [-0.1, -0.05) is 56.3 Å². The van der Waals surface area contributed by atoms with Gasteiger partial charge in [0, 0.05) is 0 Å². The quantitative estimate of drug-likeness (QED) is 0.457. The van der Waals surface area contributed by atoms with Crippen LogP contribution in [0.3, 0.4) is 0 Å². The van der Waals surface area contributed by atoms with Gasteiger partial charge in [-0.15, -0.1) is 0 Å². The van der Waals surface area contributed by atoms with Crippen molar-refractivity contribution in [2.75, 3.05) is 0 Å². The van der Waals surface area contributed by atoms with Crippen LogP contribution in [0.2, 0.25) is 12.6 Å². The zero-order chi connectivity index (χ0) is 8.65. The minimum absolute atomic E-state index is 1.20. The maximum Gasteiger partial charge on any atom is 0.109 e. The summed E-state index contributed by atoms with van der Waals surface area (Å²) >= 11 is 0. The third-order valence-electron chi connectivity index (χ3n) is 2.01. The second-order valence-electron chi connectivity index (χ2n) is 3.07. The van der Waals surface area contributed by atoms with Gasteiger partial charge in [-0.25, -0.2) is 0 Å². The minimum Gasteiger partial charge on any atom is -0.0831 e. The van der Waals surface area contributed by atoms with Crippen LogP contribution in [0.15, 0.2) is 30.3 Å². The molecule has 12 heavy (non-hydrogen) atoms. The average molecular weight is 159 g/mol. The Morgan fingerprint density at radius 3 is 2.58 bits per heavy atom. The fraction of sp³-hybridized carbons (Fsp3) is 0.455. The summed E-state index contributed by atoms with van der Waals surface area (Å²) in [5.74, 6) is 0. The van der Waals surface area contributed by atoms with E-state index in [2.05, 4.69) is 44.5 Å². The molecule has 63 valence electrons. The van der Waals surface area contributed by atoms with Gasteiger partial charge >= 0.3 is 0 Å². The van der Waals surface area contributed by atoms with E-state index in [-0.39, 0.29) is 0 Å². The first-order valence-corrected chi connectivity index (χ1v) is 4.79. The molecule has 1 aromatic carbocycles. The summed E-state index contributed by atoms with van der Waals surface area (Å²) in [5, 5.41) is 0. The fourth-order valence-corrected chi connectivity index (χ4v) is 1.30. The molecule has 0 spiro atoms. The van der Waals surface area contributed by atoms with Crippen LogP contribution in [0, 0.1) is 0 Å². The zero-order valence-electron chi connectivity index (χ0n) is 7.79. The standard InChI is InChI=1S/C11H16B/c1-2-12-10-6-9-11-7-4-3-5-8-11/h3-5,7-8H,2,6,9-10H2,1H3. The largest absolute Gasteiger partial charge is 0.109 e. The van der Waals surface area contributed by atoms with Crippen molar-refractivity contribution in [2.45, 2.75) is 32.4 Å². The summed E-state index contributed by atoms with van der Waals surface area (Å²) in [6, 6.07) is 10.7. The van der Waals surface area contributed by atoms with Gasteiger partial charge in [0.1, 0.15) is 7.28 Å². The Hall–Kier alpha value is -0.715. The van der Waals surface area contributed by atoms with Crippen molar-refractivity contribution in [3.63, 3.8) is 0 Å². The first-order chi connectivity index (χ1) is 5.93. The topological polar surface area (TPSA) is 0 Å². The van der Waals surface area contributed by atoms with Crippen molar-refractivity contribution in [3.05, 3.63) is 35.9 Å². The third-order valence-corrected chi connectivity index (χ3v) is 2.01. The molecule has 0 aliphatic heterocycles. The number of hydrogen-bond donors (Lipinski definition) is 0. The van der Waals surface area contributed by atoms with Crippen molar-refractivity contribution in [3.8, 4) is 0 Å². The number of aryl methyl sites for hydroxylation is 1. The minimum atomic E-state index is 1.20. The van der Waals surface area contributed by atoms with Crippen molar-refractivity contribution in [2.24, 2.45) is 0 Å². The molecule has 1 heteroatoms. The lowest BCUT2D eigenvalue weighted by Crippen LogP contribution is -1.89. The molecule has 0 fully saturated rings. The van der Waals surface area contributed by atoms with Crippen molar-refractivity contribution in [1.29, 1.82) is 0 Å². The maximum atomic E-state index is 2.35. The smallest absolute Gasteiger partial charge is 0.0831 e. The summed E-state index contributed by atoms with van der Waals surface area (Å²) in [5.41, 5.74) is 1.46. The summed E-state index contributed by atoms with van der Waals surface area (Å²) in [6.45, 7) is 2.20. The van der Waals surface area contributed by atoms with E-state index in [1.807, 2.05) is 0 Å². The molecule has 0 aromatic heterocycles. The molecule has 1 rings (SSSR count). The van der Waals surface area contributed by atoms with E-state index in [0.29, 0.717) is 0 Å². The van der Waals surface area contributed by atoms with Gasteiger partial charge < -0.3 is 0 Å². The van der Waals surface area contributed by atoms with Gasteiger partial charge in [-0.05, 0) is 12.0 Å². The summed E-state index contributed by atoms with van der Waals surface area (Å²) in [7, 11) is 2.35. The second kappa shape index (κ2) is 5.88. The Labute approximate surface area is 76.2 Å². The van der Waals surface area contributed by atoms with E-state index in [9.17, 15) is 0 Å². The molecular formula is C11H16B. The van der Waals surface area contributed by atoms with Gasteiger partial charge in [0.2, 0.25) is 0 Å². The van der Waals surface area contributed by atoms with Crippen LogP contribution in [-0.2, 0) is 6.42 Å². The van der Waals surface area contributed by atoms with Gasteiger partial charge in [-0.2, -0.15) is 0 Å². The number of benzene rings is 1. The highest BCUT2D eigenvalue weighted by molar-refractivity contribution is 6.35. The van der Waals surface area contributed by atoms with Gasteiger partial charge in [0.05, 0.1) is 0 Å². The van der Waals surface area contributed by atoms with Crippen LogP contribution < -0.4 is 0 Å². The molecule has 1 aromatic rings. The van der Waals surface area contributed by atoms with Crippen molar-refractivity contribution >= 4 is 7.28 Å². The molecule has 0 bridgehead atoms. The highest BCUT2D eigenvalue weighted by atomic mass is 13.9. The number of rotatable bonds is 5. The molecule has 0 atom stereocenters. The monoisotopic (exact) mass is 159 g/mol. The van der Waals surface area contributed by atoms with Crippen molar-refractivity contribution < 1.29 is 0 Å². The molecule has 0 heterocycles. The van der Waals surface area contributed by atoms with E-state index in [1.165, 1.54) is 31.0 Å². The van der Waals surface area contributed by atoms with Crippen LogP contribution >= 0.6 is 0 Å². The van der Waals surface area contributed by atoms with Crippen molar-refractivity contribution in [1.82, 2.24) is 0 Å². The van der Waals surface area contributed by atoms with E-state index in [0.717, 1.165) is 0 Å². The van der Waals surface area contributed by atoms with Crippen LogP contribution in [0.5, 0.6) is 0 Å². The van der Waals surface area contributed by atoms with Gasteiger partial charge in [0.25, 0.3) is 0 Å². The molecule has 1 radical (unpaired) electrons. The molecule has 0 saturated heterocycles. The van der Waals surface area contributed by atoms with Crippen LogP contribution in [0.1, 0.15) is 18.9 Å².